The summed E-state index contributed by atoms with van der Waals surface area (Å²) in [5.41, 5.74) is -1.12. The van der Waals surface area contributed by atoms with Crippen molar-refractivity contribution in [3.05, 3.63) is 33.9 Å². The van der Waals surface area contributed by atoms with Gasteiger partial charge in [0.05, 0.1) is 14.2 Å². The number of benzene rings is 1. The van der Waals surface area contributed by atoms with Gasteiger partial charge in [-0.25, -0.2) is 10.1 Å². The molecule has 10 nitrogen and oxygen atoms in total. The fourth-order valence-electron chi connectivity index (χ4n) is 3.78. The van der Waals surface area contributed by atoms with Crippen molar-refractivity contribution in [2.24, 2.45) is 0 Å². The van der Waals surface area contributed by atoms with Crippen LogP contribution in [0.3, 0.4) is 0 Å². The van der Waals surface area contributed by atoms with Crippen molar-refractivity contribution in [1.82, 2.24) is 0 Å². The van der Waals surface area contributed by atoms with E-state index in [-0.39, 0.29) is 41.2 Å². The predicted molar refractivity (Wildman–Crippen MR) is 120 cm³/mol. The summed E-state index contributed by atoms with van der Waals surface area (Å²) in [4.78, 5) is 29.0. The van der Waals surface area contributed by atoms with Gasteiger partial charge in [-0.2, -0.15) is 26.3 Å². The summed E-state index contributed by atoms with van der Waals surface area (Å²) in [6.45, 7) is -1.67. The lowest BCUT2D eigenvalue weighted by Gasteiger charge is -2.26. The average Bonchev–Trinajstić information content (AvgIpc) is 3.24. The molecule has 0 radical (unpaired) electrons. The summed E-state index contributed by atoms with van der Waals surface area (Å²) in [7, 11) is -3.32. The Labute approximate surface area is 218 Å². The number of halogens is 6. The lowest BCUT2D eigenvalue weighted by atomic mass is 9.94. The first kappa shape index (κ1) is 32.4. The maximum atomic E-state index is 13.1. The highest BCUT2D eigenvalue weighted by Gasteiger charge is 2.47. The van der Waals surface area contributed by atoms with Crippen LogP contribution < -0.4 is 9.62 Å². The number of allylic oxidation sites excluding steroid dienone is 2. The standard InChI is InChI=1S/C22H25F6O10P/c1-11(5-6-13-17(33-3)12(2)14-8-35-20(30)16(14)18(13)38-31)7-15(19(29)34-4)39(32,36-9-21(23,24)25)37-10-22(26,27)28/h5,15,31H,6-10H2,1-4H3/b11-5-. The molecule has 220 valence electrons. The molecule has 1 unspecified atom stereocenters. The summed E-state index contributed by atoms with van der Waals surface area (Å²) in [5.74, 6) is -2.32. The monoisotopic (exact) mass is 594 g/mol. The van der Waals surface area contributed by atoms with Crippen LogP contribution in [0, 0.1) is 6.92 Å². The summed E-state index contributed by atoms with van der Waals surface area (Å²) in [6.07, 6.45) is -9.76. The van der Waals surface area contributed by atoms with Crippen LogP contribution in [0.2, 0.25) is 0 Å². The number of hydrogen-bond acceptors (Lipinski definition) is 10. The van der Waals surface area contributed by atoms with E-state index >= 15 is 0 Å². The molecule has 0 saturated carbocycles. The largest absolute Gasteiger partial charge is 0.496 e. The number of methoxy groups -OCH3 is 2. The van der Waals surface area contributed by atoms with Gasteiger partial charge in [-0.3, -0.25) is 18.4 Å². The second-order valence-corrected chi connectivity index (χ2v) is 10.5. The van der Waals surface area contributed by atoms with Gasteiger partial charge < -0.3 is 19.1 Å². The van der Waals surface area contributed by atoms with Crippen LogP contribution in [-0.2, 0) is 40.9 Å². The molecule has 1 aromatic carbocycles. The SMILES string of the molecule is COC(=O)C(C/C(C)=C\Cc1c(OC)c(C)c2c(c1OO)C(=O)OC2)P(=O)(OCC(F)(F)F)OCC(F)(F)F. The highest BCUT2D eigenvalue weighted by molar-refractivity contribution is 7.55. The van der Waals surface area contributed by atoms with E-state index < -0.39 is 57.2 Å². The van der Waals surface area contributed by atoms with Gasteiger partial charge in [0.25, 0.3) is 0 Å². The molecule has 1 aliphatic heterocycles. The van der Waals surface area contributed by atoms with Crippen LogP contribution in [0.25, 0.3) is 0 Å². The van der Waals surface area contributed by atoms with Crippen molar-refractivity contribution in [1.29, 1.82) is 0 Å². The van der Waals surface area contributed by atoms with Crippen molar-refractivity contribution in [2.45, 2.75) is 51.3 Å². The molecule has 0 aliphatic carbocycles. The Morgan fingerprint density at radius 2 is 1.67 bits per heavy atom. The number of cyclic esters (lactones) is 1. The first-order valence-corrected chi connectivity index (χ1v) is 12.6. The van der Waals surface area contributed by atoms with Gasteiger partial charge in [-0.05, 0) is 32.3 Å². The van der Waals surface area contributed by atoms with Crippen LogP contribution in [0.4, 0.5) is 26.3 Å². The molecular formula is C22H25F6O10P. The van der Waals surface area contributed by atoms with Crippen molar-refractivity contribution >= 4 is 19.5 Å². The Morgan fingerprint density at radius 1 is 1.10 bits per heavy atom. The van der Waals surface area contributed by atoms with E-state index in [2.05, 4.69) is 18.7 Å². The van der Waals surface area contributed by atoms with Gasteiger partial charge in [0, 0.05) is 11.1 Å². The number of carbonyl (C=O) groups is 2. The van der Waals surface area contributed by atoms with Crippen molar-refractivity contribution < 1.29 is 73.9 Å². The normalized spacial score (nSPS) is 15.1. The van der Waals surface area contributed by atoms with E-state index in [1.54, 1.807) is 6.92 Å². The van der Waals surface area contributed by atoms with Gasteiger partial charge in [0.2, 0.25) is 0 Å². The summed E-state index contributed by atoms with van der Waals surface area (Å²) < 4.78 is 113. The van der Waals surface area contributed by atoms with Gasteiger partial charge in [-0.15, -0.1) is 0 Å². The van der Waals surface area contributed by atoms with Gasteiger partial charge in [0.15, 0.2) is 24.6 Å². The minimum absolute atomic E-state index is 0.0603. The van der Waals surface area contributed by atoms with Crippen LogP contribution in [0.15, 0.2) is 11.6 Å². The van der Waals surface area contributed by atoms with E-state index in [1.807, 2.05) is 0 Å². The van der Waals surface area contributed by atoms with Gasteiger partial charge in [-0.1, -0.05) is 11.6 Å². The molecular weight excluding hydrogens is 569 g/mol. The van der Waals surface area contributed by atoms with Crippen LogP contribution in [0.5, 0.6) is 11.5 Å². The third kappa shape index (κ3) is 8.10. The molecule has 0 saturated heterocycles. The zero-order chi connectivity index (χ0) is 29.8. The molecule has 1 aromatic rings. The lowest BCUT2D eigenvalue weighted by Crippen LogP contribution is -2.29. The highest BCUT2D eigenvalue weighted by Crippen LogP contribution is 2.57. The molecule has 0 fully saturated rings. The molecule has 0 amide bonds. The third-order valence-electron chi connectivity index (χ3n) is 5.56. The topological polar surface area (TPSA) is 127 Å². The van der Waals surface area contributed by atoms with E-state index in [0.717, 1.165) is 7.11 Å². The number of alkyl halides is 6. The van der Waals surface area contributed by atoms with Crippen molar-refractivity contribution in [3.63, 3.8) is 0 Å². The van der Waals surface area contributed by atoms with E-state index in [4.69, 9.17) is 9.47 Å². The second kappa shape index (κ2) is 12.6. The molecule has 1 heterocycles. The number of ether oxygens (including phenoxy) is 3. The summed E-state index contributed by atoms with van der Waals surface area (Å²) >= 11 is 0. The predicted octanol–water partition coefficient (Wildman–Crippen LogP) is 5.30. The molecule has 0 spiro atoms. The quantitative estimate of drug-likeness (QED) is 0.0851. The zero-order valence-corrected chi connectivity index (χ0v) is 21.9. The fourth-order valence-corrected chi connectivity index (χ4v) is 5.74. The van der Waals surface area contributed by atoms with Gasteiger partial charge in [0.1, 0.15) is 17.9 Å². The van der Waals surface area contributed by atoms with E-state index in [9.17, 15) is 45.8 Å². The molecule has 17 heteroatoms. The minimum Gasteiger partial charge on any atom is -0.496 e. The molecule has 2 rings (SSSR count). The Morgan fingerprint density at radius 3 is 2.13 bits per heavy atom. The minimum atomic E-state index is -5.41. The number of esters is 2. The van der Waals surface area contributed by atoms with Crippen LogP contribution in [0.1, 0.15) is 40.4 Å². The summed E-state index contributed by atoms with van der Waals surface area (Å²) in [6, 6.07) is 0. The second-order valence-electron chi connectivity index (χ2n) is 8.30. The first-order chi connectivity index (χ1) is 18.0. The number of rotatable bonds is 12. The van der Waals surface area contributed by atoms with Gasteiger partial charge >= 0.3 is 31.9 Å². The molecule has 39 heavy (non-hydrogen) atoms. The maximum Gasteiger partial charge on any atom is 0.412 e. The molecule has 1 aliphatic rings. The third-order valence-corrected chi connectivity index (χ3v) is 7.69. The smallest absolute Gasteiger partial charge is 0.412 e. The van der Waals surface area contributed by atoms with Crippen molar-refractivity contribution in [3.8, 4) is 11.5 Å². The fraction of sp³-hybridized carbons (Fsp3) is 0.545. The van der Waals surface area contributed by atoms with E-state index in [1.165, 1.54) is 20.1 Å². The first-order valence-electron chi connectivity index (χ1n) is 10.9. The zero-order valence-electron chi connectivity index (χ0n) is 21.0. The highest BCUT2D eigenvalue weighted by atomic mass is 31.2. The van der Waals surface area contributed by atoms with Crippen LogP contribution in [-0.4, -0.2) is 62.6 Å². The average molecular weight is 594 g/mol. The lowest BCUT2D eigenvalue weighted by molar-refractivity contribution is -0.167. The molecule has 1 N–H and O–H groups in total. The Balaban J connectivity index is 2.46. The Hall–Kier alpha value is -2.81. The molecule has 0 aromatic heterocycles. The number of carbonyl (C=O) groups excluding carboxylic acids is 2. The molecule has 0 bridgehead atoms. The summed E-state index contributed by atoms with van der Waals surface area (Å²) in [5, 5.41) is 9.48. The number of hydrogen-bond donors (Lipinski definition) is 1. The maximum absolute atomic E-state index is 13.1. The number of fused-ring (bicyclic) bond motifs is 1. The Bertz CT molecular complexity index is 1140. The van der Waals surface area contributed by atoms with E-state index in [0.29, 0.717) is 11.1 Å². The van der Waals surface area contributed by atoms with Crippen LogP contribution >= 0.6 is 7.60 Å². The van der Waals surface area contributed by atoms with Crippen molar-refractivity contribution in [2.75, 3.05) is 27.4 Å². The Kier molecular flexibility index (Phi) is 10.4. The molecule has 1 atom stereocenters.